The second-order valence-electron chi connectivity index (χ2n) is 8.34. The first-order valence-electron chi connectivity index (χ1n) is 10.4. The second-order valence-corrected chi connectivity index (χ2v) is 8.34. The predicted molar refractivity (Wildman–Crippen MR) is 115 cm³/mol. The molecule has 152 valence electrons. The van der Waals surface area contributed by atoms with E-state index in [0.29, 0.717) is 18.0 Å². The zero-order valence-corrected chi connectivity index (χ0v) is 17.4. The molecule has 1 aromatic carbocycles. The summed E-state index contributed by atoms with van der Waals surface area (Å²) in [6, 6.07) is 10.7. The van der Waals surface area contributed by atoms with Gasteiger partial charge in [0.15, 0.2) is 5.65 Å². The number of aryl methyl sites for hydroxylation is 1. The second kappa shape index (κ2) is 8.33. The molecule has 1 unspecified atom stereocenters. The van der Waals surface area contributed by atoms with E-state index in [1.807, 2.05) is 10.6 Å². The van der Waals surface area contributed by atoms with Gasteiger partial charge in [-0.25, -0.2) is 9.97 Å². The molecule has 1 aliphatic heterocycles. The normalized spacial score (nSPS) is 17.3. The summed E-state index contributed by atoms with van der Waals surface area (Å²) < 4.78 is 2.01. The van der Waals surface area contributed by atoms with Gasteiger partial charge in [0.25, 0.3) is 5.91 Å². The Labute approximate surface area is 172 Å². The summed E-state index contributed by atoms with van der Waals surface area (Å²) >= 11 is 0. The minimum Gasteiger partial charge on any atom is -0.352 e. The molecule has 0 spiro atoms. The van der Waals surface area contributed by atoms with E-state index in [-0.39, 0.29) is 11.9 Å². The van der Waals surface area contributed by atoms with Gasteiger partial charge in [-0.15, -0.1) is 0 Å². The molecule has 1 N–H and O–H groups in total. The standard InChI is InChI=1S/C23H29N5O/c1-16(2)28-15-26-21-10-20(12-24-22(21)28)23(29)25-11-18-8-9-27(13-18)14-19-7-5-4-6-17(19)3/h4-7,10,12,15-16,18H,8-9,11,13-14H2,1-3H3,(H,25,29). The summed E-state index contributed by atoms with van der Waals surface area (Å²) in [5.41, 5.74) is 4.88. The third-order valence-electron chi connectivity index (χ3n) is 5.81. The van der Waals surface area contributed by atoms with Gasteiger partial charge in [0.1, 0.15) is 5.52 Å². The Hall–Kier alpha value is -2.73. The Bertz CT molecular complexity index is 1010. The van der Waals surface area contributed by atoms with Gasteiger partial charge >= 0.3 is 0 Å². The van der Waals surface area contributed by atoms with Crippen molar-refractivity contribution >= 4 is 17.1 Å². The molecule has 0 bridgehead atoms. The highest BCUT2D eigenvalue weighted by Gasteiger charge is 2.23. The van der Waals surface area contributed by atoms with Crippen LogP contribution in [0.5, 0.6) is 0 Å². The predicted octanol–water partition coefficient (Wildman–Crippen LogP) is 3.57. The molecule has 2 aromatic heterocycles. The molecule has 1 atom stereocenters. The number of rotatable bonds is 6. The van der Waals surface area contributed by atoms with Gasteiger partial charge in [-0.1, -0.05) is 24.3 Å². The zero-order valence-electron chi connectivity index (χ0n) is 17.4. The van der Waals surface area contributed by atoms with E-state index in [0.717, 1.165) is 37.2 Å². The van der Waals surface area contributed by atoms with Crippen LogP contribution in [0, 0.1) is 12.8 Å². The van der Waals surface area contributed by atoms with Crippen molar-refractivity contribution in [2.75, 3.05) is 19.6 Å². The molecule has 29 heavy (non-hydrogen) atoms. The highest BCUT2D eigenvalue weighted by molar-refractivity contribution is 5.96. The van der Waals surface area contributed by atoms with Gasteiger partial charge in [0, 0.05) is 31.9 Å². The molecule has 1 fully saturated rings. The number of carbonyl (C=O) groups is 1. The lowest BCUT2D eigenvalue weighted by atomic mass is 10.1. The summed E-state index contributed by atoms with van der Waals surface area (Å²) in [4.78, 5) is 23.9. The van der Waals surface area contributed by atoms with Crippen molar-refractivity contribution in [1.82, 2.24) is 24.8 Å². The number of pyridine rings is 1. The van der Waals surface area contributed by atoms with Crippen LogP contribution < -0.4 is 5.32 Å². The Kier molecular flexibility index (Phi) is 5.62. The number of nitrogens with zero attached hydrogens (tertiary/aromatic N) is 4. The first-order chi connectivity index (χ1) is 14.0. The summed E-state index contributed by atoms with van der Waals surface area (Å²) in [6.45, 7) is 10.1. The minimum atomic E-state index is -0.0733. The lowest BCUT2D eigenvalue weighted by Gasteiger charge is -2.17. The number of imidazole rings is 1. The van der Waals surface area contributed by atoms with Crippen molar-refractivity contribution in [2.45, 2.75) is 39.8 Å². The highest BCUT2D eigenvalue weighted by Crippen LogP contribution is 2.20. The van der Waals surface area contributed by atoms with Gasteiger partial charge in [-0.2, -0.15) is 0 Å². The molecule has 0 radical (unpaired) electrons. The number of nitrogens with one attached hydrogen (secondary N) is 1. The zero-order chi connectivity index (χ0) is 20.4. The fraction of sp³-hybridized carbons (Fsp3) is 0.435. The average Bonchev–Trinajstić information content (AvgIpc) is 3.34. The molecule has 1 amide bonds. The van der Waals surface area contributed by atoms with E-state index in [4.69, 9.17) is 0 Å². The fourth-order valence-corrected chi connectivity index (χ4v) is 4.01. The van der Waals surface area contributed by atoms with Crippen LogP contribution >= 0.6 is 0 Å². The third-order valence-corrected chi connectivity index (χ3v) is 5.81. The van der Waals surface area contributed by atoms with Crippen molar-refractivity contribution < 1.29 is 4.79 Å². The van der Waals surface area contributed by atoms with E-state index < -0.39 is 0 Å². The van der Waals surface area contributed by atoms with Gasteiger partial charge in [0.05, 0.1) is 11.9 Å². The van der Waals surface area contributed by atoms with E-state index in [9.17, 15) is 4.79 Å². The van der Waals surface area contributed by atoms with Crippen LogP contribution in [-0.4, -0.2) is 45.0 Å². The number of hydrogen-bond donors (Lipinski definition) is 1. The van der Waals surface area contributed by atoms with Crippen LogP contribution in [0.4, 0.5) is 0 Å². The summed E-state index contributed by atoms with van der Waals surface area (Å²) in [6.07, 6.45) is 4.55. The summed E-state index contributed by atoms with van der Waals surface area (Å²) in [5.74, 6) is 0.413. The maximum absolute atomic E-state index is 12.6. The van der Waals surface area contributed by atoms with Crippen LogP contribution in [0.3, 0.4) is 0 Å². The Balaban J connectivity index is 1.32. The van der Waals surface area contributed by atoms with Gasteiger partial charge < -0.3 is 9.88 Å². The molecule has 6 heteroatoms. The third kappa shape index (κ3) is 4.32. The SMILES string of the molecule is Cc1ccccc1CN1CCC(CNC(=O)c2cnc3c(c2)ncn3C(C)C)C1. The first-order valence-corrected chi connectivity index (χ1v) is 10.4. The van der Waals surface area contributed by atoms with E-state index in [1.165, 1.54) is 11.1 Å². The molecule has 3 heterocycles. The Morgan fingerprint density at radius 3 is 2.90 bits per heavy atom. The van der Waals surface area contributed by atoms with Crippen LogP contribution in [0.25, 0.3) is 11.2 Å². The summed E-state index contributed by atoms with van der Waals surface area (Å²) in [5, 5.41) is 3.09. The lowest BCUT2D eigenvalue weighted by Crippen LogP contribution is -2.31. The topological polar surface area (TPSA) is 63.1 Å². The van der Waals surface area contributed by atoms with E-state index in [1.54, 1.807) is 12.5 Å². The number of amides is 1. The fourth-order valence-electron chi connectivity index (χ4n) is 4.01. The molecule has 0 aliphatic carbocycles. The smallest absolute Gasteiger partial charge is 0.252 e. The van der Waals surface area contributed by atoms with Crippen molar-refractivity contribution in [3.05, 3.63) is 59.5 Å². The molecule has 1 aliphatic rings. The monoisotopic (exact) mass is 391 g/mol. The molecule has 3 aromatic rings. The average molecular weight is 392 g/mol. The van der Waals surface area contributed by atoms with Gasteiger partial charge in [-0.3, -0.25) is 9.69 Å². The van der Waals surface area contributed by atoms with Crippen molar-refractivity contribution in [1.29, 1.82) is 0 Å². The first kappa shape index (κ1) is 19.6. The molecular weight excluding hydrogens is 362 g/mol. The Morgan fingerprint density at radius 2 is 2.10 bits per heavy atom. The van der Waals surface area contributed by atoms with Crippen molar-refractivity contribution in [3.63, 3.8) is 0 Å². The number of likely N-dealkylation sites (tertiary alicyclic amines) is 1. The molecule has 4 rings (SSSR count). The number of carbonyl (C=O) groups excluding carboxylic acids is 1. The van der Waals surface area contributed by atoms with Gasteiger partial charge in [0.2, 0.25) is 0 Å². The van der Waals surface area contributed by atoms with Crippen LogP contribution in [0.2, 0.25) is 0 Å². The molecule has 1 saturated heterocycles. The van der Waals surface area contributed by atoms with Crippen LogP contribution in [0.1, 0.15) is 47.8 Å². The van der Waals surface area contributed by atoms with E-state index >= 15 is 0 Å². The highest BCUT2D eigenvalue weighted by atomic mass is 16.1. The molecular formula is C23H29N5O. The maximum Gasteiger partial charge on any atom is 0.252 e. The molecule has 0 saturated carbocycles. The van der Waals surface area contributed by atoms with Crippen LogP contribution in [-0.2, 0) is 6.54 Å². The number of hydrogen-bond acceptors (Lipinski definition) is 4. The minimum absolute atomic E-state index is 0.0733. The number of aromatic nitrogens is 3. The molecule has 6 nitrogen and oxygen atoms in total. The maximum atomic E-state index is 12.6. The summed E-state index contributed by atoms with van der Waals surface area (Å²) in [7, 11) is 0. The quantitative estimate of drug-likeness (QED) is 0.698. The van der Waals surface area contributed by atoms with Crippen LogP contribution in [0.15, 0.2) is 42.9 Å². The number of benzene rings is 1. The van der Waals surface area contributed by atoms with Crippen molar-refractivity contribution in [2.24, 2.45) is 5.92 Å². The van der Waals surface area contributed by atoms with Gasteiger partial charge in [-0.05, 0) is 56.8 Å². The Morgan fingerprint density at radius 1 is 1.28 bits per heavy atom. The largest absolute Gasteiger partial charge is 0.352 e. The van der Waals surface area contributed by atoms with Crippen molar-refractivity contribution in [3.8, 4) is 0 Å². The van der Waals surface area contributed by atoms with E-state index in [2.05, 4.69) is 65.2 Å². The number of fused-ring (bicyclic) bond motifs is 1. The lowest BCUT2D eigenvalue weighted by molar-refractivity contribution is 0.0947.